The van der Waals surface area contributed by atoms with Gasteiger partial charge in [0.1, 0.15) is 11.5 Å². The fraction of sp³-hybridized carbons (Fsp3) is 0.286. The number of oxazole rings is 1. The topological polar surface area (TPSA) is 59.2 Å². The van der Waals surface area contributed by atoms with Crippen LogP contribution in [0, 0.1) is 0 Å². The average molecular weight is 382 g/mol. The molecule has 1 unspecified atom stereocenters. The molecule has 1 fully saturated rings. The number of likely N-dealkylation sites (tertiary alicyclic amines) is 1. The molecule has 6 heteroatoms. The zero-order chi connectivity index (χ0) is 18.6. The maximum absolute atomic E-state index is 12.7. The van der Waals surface area contributed by atoms with E-state index in [9.17, 15) is 4.79 Å². The quantitative estimate of drug-likeness (QED) is 0.674. The Labute approximate surface area is 163 Å². The minimum absolute atomic E-state index is 0.0361. The minimum Gasteiger partial charge on any atom is -0.445 e. The highest BCUT2D eigenvalue weighted by atomic mass is 35.5. The number of nitrogens with zero attached hydrogens (tertiary/aromatic N) is 3. The summed E-state index contributed by atoms with van der Waals surface area (Å²) in [4.78, 5) is 23.1. The predicted octanol–water partition coefficient (Wildman–Crippen LogP) is 4.33. The molecule has 0 aliphatic carbocycles. The molecule has 1 saturated heterocycles. The van der Waals surface area contributed by atoms with Crippen molar-refractivity contribution in [3.05, 3.63) is 82.8 Å². The van der Waals surface area contributed by atoms with Crippen molar-refractivity contribution < 1.29 is 9.21 Å². The highest BCUT2D eigenvalue weighted by molar-refractivity contribution is 6.30. The third-order valence-corrected chi connectivity index (χ3v) is 5.02. The van der Waals surface area contributed by atoms with Crippen molar-refractivity contribution in [1.82, 2.24) is 14.9 Å². The van der Waals surface area contributed by atoms with Crippen molar-refractivity contribution >= 4 is 17.5 Å². The number of hydrogen-bond acceptors (Lipinski definition) is 4. The molecule has 0 bridgehead atoms. The largest absolute Gasteiger partial charge is 0.445 e. The Morgan fingerprint density at radius 3 is 2.96 bits per heavy atom. The first kappa shape index (κ1) is 17.7. The number of benzene rings is 1. The molecule has 27 heavy (non-hydrogen) atoms. The normalized spacial score (nSPS) is 17.1. The van der Waals surface area contributed by atoms with Crippen molar-refractivity contribution in [2.24, 2.45) is 0 Å². The second-order valence-corrected chi connectivity index (χ2v) is 7.21. The van der Waals surface area contributed by atoms with Gasteiger partial charge in [0, 0.05) is 30.7 Å². The van der Waals surface area contributed by atoms with Gasteiger partial charge in [-0.3, -0.25) is 9.78 Å². The lowest BCUT2D eigenvalue weighted by Gasteiger charge is -2.31. The Morgan fingerprint density at radius 1 is 1.22 bits per heavy atom. The summed E-state index contributed by atoms with van der Waals surface area (Å²) in [6.07, 6.45) is 5.95. The highest BCUT2D eigenvalue weighted by Gasteiger charge is 2.28. The average Bonchev–Trinajstić information content (AvgIpc) is 3.17. The molecule has 4 rings (SSSR count). The Hall–Kier alpha value is -2.66. The van der Waals surface area contributed by atoms with E-state index in [1.807, 2.05) is 41.3 Å². The number of carbonyl (C=O) groups excluding carboxylic acids is 1. The van der Waals surface area contributed by atoms with Crippen LogP contribution in [0.15, 0.2) is 59.3 Å². The number of carbonyl (C=O) groups is 1. The molecule has 0 saturated carbocycles. The Bertz CT molecular complexity index is 926. The first-order valence-electron chi connectivity index (χ1n) is 9.08. The van der Waals surface area contributed by atoms with E-state index in [4.69, 9.17) is 16.0 Å². The summed E-state index contributed by atoms with van der Waals surface area (Å²) < 4.78 is 5.99. The molecule has 2 aromatic heterocycles. The van der Waals surface area contributed by atoms with Crippen molar-refractivity contribution in [3.63, 3.8) is 0 Å². The number of pyridine rings is 1. The van der Waals surface area contributed by atoms with E-state index < -0.39 is 0 Å². The maximum Gasteiger partial charge on any atom is 0.272 e. The van der Waals surface area contributed by atoms with Gasteiger partial charge in [-0.15, -0.1) is 0 Å². The third kappa shape index (κ3) is 4.19. The lowest BCUT2D eigenvalue weighted by Crippen LogP contribution is -2.39. The first-order valence-corrected chi connectivity index (χ1v) is 9.46. The van der Waals surface area contributed by atoms with Crippen LogP contribution in [0.5, 0.6) is 0 Å². The molecule has 1 aromatic carbocycles. The molecule has 0 spiro atoms. The van der Waals surface area contributed by atoms with E-state index in [1.165, 1.54) is 0 Å². The fourth-order valence-corrected chi connectivity index (χ4v) is 3.67. The molecule has 1 amide bonds. The minimum atomic E-state index is -0.0361. The van der Waals surface area contributed by atoms with Crippen molar-refractivity contribution in [2.75, 3.05) is 13.1 Å². The van der Waals surface area contributed by atoms with Gasteiger partial charge in [0.25, 0.3) is 5.91 Å². The van der Waals surface area contributed by atoms with Crippen LogP contribution in [-0.4, -0.2) is 33.9 Å². The van der Waals surface area contributed by atoms with Crippen LogP contribution in [0.25, 0.3) is 0 Å². The Kier molecular flexibility index (Phi) is 5.21. The lowest BCUT2D eigenvalue weighted by atomic mass is 9.97. The molecule has 1 atom stereocenters. The van der Waals surface area contributed by atoms with E-state index in [1.54, 1.807) is 18.5 Å². The molecule has 3 aromatic rings. The van der Waals surface area contributed by atoms with Gasteiger partial charge in [0.2, 0.25) is 0 Å². The molecule has 5 nitrogen and oxygen atoms in total. The maximum atomic E-state index is 12.7. The highest BCUT2D eigenvalue weighted by Crippen LogP contribution is 2.28. The molecule has 3 heterocycles. The third-order valence-electron chi connectivity index (χ3n) is 4.78. The molecule has 0 radical (unpaired) electrons. The van der Waals surface area contributed by atoms with E-state index in [0.717, 1.165) is 30.7 Å². The van der Waals surface area contributed by atoms with Gasteiger partial charge < -0.3 is 9.32 Å². The zero-order valence-corrected chi connectivity index (χ0v) is 15.6. The molecule has 0 N–H and O–H groups in total. The van der Waals surface area contributed by atoms with Gasteiger partial charge in [0.05, 0.1) is 12.1 Å². The standard InChI is InChI=1S/C21H20ClN3O2/c22-17-7-3-5-15(11-17)12-18-13-24-20(27-18)16-6-4-10-25(14-16)21(26)19-8-1-2-9-23-19/h1-3,5,7-9,11,13,16H,4,6,10,12,14H2. The molecular weight excluding hydrogens is 362 g/mol. The van der Waals surface area contributed by atoms with Crippen molar-refractivity contribution in [1.29, 1.82) is 0 Å². The van der Waals surface area contributed by atoms with Crippen LogP contribution in [0.4, 0.5) is 0 Å². The number of halogens is 1. The van der Waals surface area contributed by atoms with Gasteiger partial charge >= 0.3 is 0 Å². The SMILES string of the molecule is O=C(c1ccccn1)N1CCCC(c2ncc(Cc3cccc(Cl)c3)o2)C1. The van der Waals surface area contributed by atoms with Crippen LogP contribution < -0.4 is 0 Å². The van der Waals surface area contributed by atoms with Crippen LogP contribution in [0.3, 0.4) is 0 Å². The monoisotopic (exact) mass is 381 g/mol. The Balaban J connectivity index is 1.44. The van der Waals surface area contributed by atoms with E-state index in [-0.39, 0.29) is 11.8 Å². The summed E-state index contributed by atoms with van der Waals surface area (Å²) in [6, 6.07) is 13.1. The van der Waals surface area contributed by atoms with E-state index >= 15 is 0 Å². The van der Waals surface area contributed by atoms with Crippen LogP contribution in [-0.2, 0) is 6.42 Å². The van der Waals surface area contributed by atoms with Crippen LogP contribution in [0.1, 0.15) is 46.5 Å². The summed E-state index contributed by atoms with van der Waals surface area (Å²) in [7, 11) is 0. The second kappa shape index (κ2) is 7.92. The molecule has 1 aliphatic rings. The predicted molar refractivity (Wildman–Crippen MR) is 103 cm³/mol. The van der Waals surface area contributed by atoms with Gasteiger partial charge in [-0.2, -0.15) is 0 Å². The summed E-state index contributed by atoms with van der Waals surface area (Å²) in [5.74, 6) is 1.58. The van der Waals surface area contributed by atoms with Gasteiger partial charge in [0.15, 0.2) is 5.89 Å². The van der Waals surface area contributed by atoms with Crippen molar-refractivity contribution in [2.45, 2.75) is 25.2 Å². The second-order valence-electron chi connectivity index (χ2n) is 6.78. The summed E-state index contributed by atoms with van der Waals surface area (Å²) in [6.45, 7) is 1.34. The smallest absolute Gasteiger partial charge is 0.272 e. The summed E-state index contributed by atoms with van der Waals surface area (Å²) in [5, 5.41) is 0.711. The van der Waals surface area contributed by atoms with Gasteiger partial charge in [-0.25, -0.2) is 4.98 Å². The van der Waals surface area contributed by atoms with Crippen molar-refractivity contribution in [3.8, 4) is 0 Å². The van der Waals surface area contributed by atoms with E-state index in [0.29, 0.717) is 29.6 Å². The first-order chi connectivity index (χ1) is 13.2. The number of aromatic nitrogens is 2. The molecular formula is C21H20ClN3O2. The molecule has 1 aliphatic heterocycles. The number of hydrogen-bond donors (Lipinski definition) is 0. The van der Waals surface area contributed by atoms with Gasteiger partial charge in [-0.05, 0) is 42.7 Å². The number of piperidine rings is 1. The van der Waals surface area contributed by atoms with Crippen LogP contribution >= 0.6 is 11.6 Å². The number of amides is 1. The van der Waals surface area contributed by atoms with E-state index in [2.05, 4.69) is 9.97 Å². The summed E-state index contributed by atoms with van der Waals surface area (Å²) in [5.41, 5.74) is 1.56. The Morgan fingerprint density at radius 2 is 2.15 bits per heavy atom. The number of rotatable bonds is 4. The van der Waals surface area contributed by atoms with Crippen LogP contribution in [0.2, 0.25) is 5.02 Å². The zero-order valence-electron chi connectivity index (χ0n) is 14.8. The lowest BCUT2D eigenvalue weighted by molar-refractivity contribution is 0.0692. The summed E-state index contributed by atoms with van der Waals surface area (Å²) >= 11 is 6.05. The molecule has 138 valence electrons. The fourth-order valence-electron chi connectivity index (χ4n) is 3.46. The van der Waals surface area contributed by atoms with Gasteiger partial charge in [-0.1, -0.05) is 29.8 Å².